The Hall–Kier alpha value is -2.24. The average molecular weight is 393 g/mol. The van der Waals surface area contributed by atoms with Gasteiger partial charge < -0.3 is 19.3 Å². The molecule has 0 aliphatic carbocycles. The van der Waals surface area contributed by atoms with Crippen LogP contribution in [0.4, 0.5) is 9.59 Å². The summed E-state index contributed by atoms with van der Waals surface area (Å²) in [6.07, 6.45) is 8.15. The van der Waals surface area contributed by atoms with Gasteiger partial charge in [0.2, 0.25) is 0 Å². The van der Waals surface area contributed by atoms with Gasteiger partial charge in [-0.3, -0.25) is 0 Å². The zero-order valence-electron chi connectivity index (χ0n) is 18.2. The summed E-state index contributed by atoms with van der Waals surface area (Å²) in [6.45, 7) is 16.6. The van der Waals surface area contributed by atoms with E-state index in [1.54, 1.807) is 15.9 Å². The highest BCUT2D eigenvalue weighted by molar-refractivity contribution is 5.72. The van der Waals surface area contributed by atoms with Gasteiger partial charge in [0, 0.05) is 13.1 Å². The summed E-state index contributed by atoms with van der Waals surface area (Å²) < 4.78 is 10.9. The van der Waals surface area contributed by atoms with Gasteiger partial charge in [-0.1, -0.05) is 44.7 Å². The van der Waals surface area contributed by atoms with Gasteiger partial charge in [0.25, 0.3) is 0 Å². The summed E-state index contributed by atoms with van der Waals surface area (Å²) in [4.78, 5) is 28.4. The van der Waals surface area contributed by atoms with Crippen LogP contribution in [0.2, 0.25) is 0 Å². The number of allylic oxidation sites excluding steroid dienone is 3. The number of hydrogen-bond acceptors (Lipinski definition) is 4. The number of fused-ring (bicyclic) bond motifs is 1. The number of carbonyl (C=O) groups is 2. The van der Waals surface area contributed by atoms with Gasteiger partial charge in [-0.15, -0.1) is 0 Å². The predicted molar refractivity (Wildman–Crippen MR) is 112 cm³/mol. The number of nitrogens with zero attached hydrogens (tertiary/aromatic N) is 2. The molecule has 6 nitrogen and oxygen atoms in total. The van der Waals surface area contributed by atoms with Gasteiger partial charge >= 0.3 is 12.2 Å². The SMILES string of the molecule is C=C/C=C(\C=C/C)COC(=O)N1CCC2C1CCN2C(=O)OC(C)(C)C.CC. The summed E-state index contributed by atoms with van der Waals surface area (Å²) in [5.74, 6) is 0. The number of amides is 2. The van der Waals surface area contributed by atoms with Crippen LogP contribution in [0.25, 0.3) is 0 Å². The van der Waals surface area contributed by atoms with E-state index in [4.69, 9.17) is 9.47 Å². The lowest BCUT2D eigenvalue weighted by Gasteiger charge is -2.28. The molecule has 158 valence electrons. The molecule has 0 saturated carbocycles. The number of rotatable bonds is 4. The Morgan fingerprint density at radius 1 is 1.07 bits per heavy atom. The van der Waals surface area contributed by atoms with Crippen molar-refractivity contribution in [3.05, 3.63) is 36.5 Å². The minimum atomic E-state index is -0.521. The molecule has 2 saturated heterocycles. The van der Waals surface area contributed by atoms with Gasteiger partial charge in [-0.2, -0.15) is 0 Å². The maximum absolute atomic E-state index is 12.5. The lowest BCUT2D eigenvalue weighted by molar-refractivity contribution is 0.0221. The van der Waals surface area contributed by atoms with Crippen molar-refractivity contribution in [2.24, 2.45) is 0 Å². The first-order chi connectivity index (χ1) is 13.3. The fourth-order valence-electron chi connectivity index (χ4n) is 3.51. The fourth-order valence-corrected chi connectivity index (χ4v) is 3.51. The molecule has 0 N–H and O–H groups in total. The van der Waals surface area contributed by atoms with Crippen LogP contribution < -0.4 is 0 Å². The van der Waals surface area contributed by atoms with Gasteiger partial charge in [0.05, 0.1) is 12.1 Å². The van der Waals surface area contributed by atoms with Gasteiger partial charge in [-0.05, 0) is 46.1 Å². The monoisotopic (exact) mass is 392 g/mol. The molecule has 2 unspecified atom stereocenters. The fraction of sp³-hybridized carbons (Fsp3) is 0.636. The van der Waals surface area contributed by atoms with Crippen LogP contribution in [0.1, 0.15) is 54.4 Å². The molecule has 0 aromatic rings. The number of hydrogen-bond donors (Lipinski definition) is 0. The third-order valence-electron chi connectivity index (χ3n) is 4.51. The quantitative estimate of drug-likeness (QED) is 0.637. The van der Waals surface area contributed by atoms with Crippen molar-refractivity contribution >= 4 is 12.2 Å². The van der Waals surface area contributed by atoms with E-state index in [0.29, 0.717) is 13.1 Å². The molecule has 2 aliphatic rings. The second-order valence-electron chi connectivity index (χ2n) is 7.61. The molecule has 0 radical (unpaired) electrons. The summed E-state index contributed by atoms with van der Waals surface area (Å²) >= 11 is 0. The summed E-state index contributed by atoms with van der Waals surface area (Å²) in [5.41, 5.74) is 0.362. The molecule has 2 rings (SSSR count). The van der Waals surface area contributed by atoms with Gasteiger partial charge in [-0.25, -0.2) is 9.59 Å². The minimum absolute atomic E-state index is 0.00331. The minimum Gasteiger partial charge on any atom is -0.445 e. The molecule has 0 bridgehead atoms. The number of ether oxygens (including phenoxy) is 2. The van der Waals surface area contributed by atoms with Crippen molar-refractivity contribution in [3.8, 4) is 0 Å². The van der Waals surface area contributed by atoms with Crippen molar-refractivity contribution in [2.45, 2.75) is 72.1 Å². The van der Waals surface area contributed by atoms with Crippen LogP contribution in [0.15, 0.2) is 36.5 Å². The van der Waals surface area contributed by atoms with E-state index < -0.39 is 5.60 Å². The molecular weight excluding hydrogens is 356 g/mol. The van der Waals surface area contributed by atoms with E-state index >= 15 is 0 Å². The van der Waals surface area contributed by atoms with Crippen molar-refractivity contribution in [1.82, 2.24) is 9.80 Å². The second kappa shape index (κ2) is 10.9. The molecule has 0 aromatic heterocycles. The van der Waals surface area contributed by atoms with E-state index in [9.17, 15) is 9.59 Å². The van der Waals surface area contributed by atoms with Crippen LogP contribution in [-0.2, 0) is 9.47 Å². The van der Waals surface area contributed by atoms with E-state index in [0.717, 1.165) is 18.4 Å². The maximum Gasteiger partial charge on any atom is 0.410 e. The Morgan fingerprint density at radius 3 is 2.07 bits per heavy atom. The Labute approximate surface area is 169 Å². The predicted octanol–water partition coefficient (Wildman–Crippen LogP) is 4.92. The first-order valence-corrected chi connectivity index (χ1v) is 10.1. The van der Waals surface area contributed by atoms with Crippen LogP contribution in [0.5, 0.6) is 0 Å². The van der Waals surface area contributed by atoms with Gasteiger partial charge in [0.1, 0.15) is 12.2 Å². The summed E-state index contributed by atoms with van der Waals surface area (Å²) in [7, 11) is 0. The maximum atomic E-state index is 12.5. The second-order valence-corrected chi connectivity index (χ2v) is 7.61. The highest BCUT2D eigenvalue weighted by atomic mass is 16.6. The van der Waals surface area contributed by atoms with Crippen LogP contribution in [0.3, 0.4) is 0 Å². The first-order valence-electron chi connectivity index (χ1n) is 10.1. The molecule has 6 heteroatoms. The molecule has 0 spiro atoms. The highest BCUT2D eigenvalue weighted by Crippen LogP contribution is 2.33. The molecule has 2 amide bonds. The van der Waals surface area contributed by atoms with Crippen LogP contribution in [-0.4, -0.2) is 59.4 Å². The largest absolute Gasteiger partial charge is 0.445 e. The lowest BCUT2D eigenvalue weighted by atomic mass is 10.1. The Balaban J connectivity index is 0.00000190. The molecular formula is C22H36N2O4. The topological polar surface area (TPSA) is 59.1 Å². The van der Waals surface area contributed by atoms with E-state index in [1.807, 2.05) is 59.8 Å². The van der Waals surface area contributed by atoms with Crippen LogP contribution in [0, 0.1) is 0 Å². The third-order valence-corrected chi connectivity index (χ3v) is 4.51. The number of carbonyl (C=O) groups excluding carboxylic acids is 2. The average Bonchev–Trinajstić information content (AvgIpc) is 3.22. The molecule has 2 fully saturated rings. The molecule has 2 atom stereocenters. The standard InChI is InChI=1S/C20H30N2O4.C2H6/c1-6-8-15(9-7-2)14-25-18(23)21-12-10-17-16(21)11-13-22(17)19(24)26-20(3,4)5;1-2/h6-9,16-17H,1,10-14H2,2-5H3;1-2H3/b9-7-,15-8+;. The Morgan fingerprint density at radius 2 is 1.61 bits per heavy atom. The normalized spacial score (nSPS) is 21.9. The van der Waals surface area contributed by atoms with Crippen molar-refractivity contribution < 1.29 is 19.1 Å². The highest BCUT2D eigenvalue weighted by Gasteiger charge is 2.47. The van der Waals surface area contributed by atoms with Crippen molar-refractivity contribution in [1.29, 1.82) is 0 Å². The first kappa shape index (κ1) is 23.8. The lowest BCUT2D eigenvalue weighted by Crippen LogP contribution is -2.43. The Kier molecular flexibility index (Phi) is 9.29. The Bertz CT molecular complexity index is 604. The smallest absolute Gasteiger partial charge is 0.410 e. The van der Waals surface area contributed by atoms with E-state index in [-0.39, 0.29) is 30.9 Å². The molecule has 2 heterocycles. The van der Waals surface area contributed by atoms with E-state index in [2.05, 4.69) is 6.58 Å². The number of likely N-dealkylation sites (tertiary alicyclic amines) is 2. The summed E-state index contributed by atoms with van der Waals surface area (Å²) in [6, 6.07) is 0.0136. The molecule has 2 aliphatic heterocycles. The molecule has 0 aromatic carbocycles. The third kappa shape index (κ3) is 6.43. The molecule has 28 heavy (non-hydrogen) atoms. The van der Waals surface area contributed by atoms with Crippen molar-refractivity contribution in [3.63, 3.8) is 0 Å². The zero-order chi connectivity index (χ0) is 21.3. The van der Waals surface area contributed by atoms with Crippen molar-refractivity contribution in [2.75, 3.05) is 19.7 Å². The van der Waals surface area contributed by atoms with Gasteiger partial charge in [0.15, 0.2) is 0 Å². The summed E-state index contributed by atoms with van der Waals surface area (Å²) in [5, 5.41) is 0. The van der Waals surface area contributed by atoms with E-state index in [1.165, 1.54) is 0 Å². The zero-order valence-corrected chi connectivity index (χ0v) is 18.2. The van der Waals surface area contributed by atoms with Crippen LogP contribution >= 0.6 is 0 Å².